The summed E-state index contributed by atoms with van der Waals surface area (Å²) in [6, 6.07) is -0.657. The molecule has 9 heteroatoms. The number of hydroxylamine groups is 1. The summed E-state index contributed by atoms with van der Waals surface area (Å²) in [5.74, 6) is -2.01. The number of carbonyl (C=O) groups excluding carboxylic acids is 4. The van der Waals surface area contributed by atoms with Crippen molar-refractivity contribution in [3.8, 4) is 0 Å². The fourth-order valence-electron chi connectivity index (χ4n) is 1.33. The quantitative estimate of drug-likeness (QED) is 0.382. The van der Waals surface area contributed by atoms with Crippen LogP contribution in [-0.2, 0) is 19.2 Å². The van der Waals surface area contributed by atoms with E-state index in [1.807, 2.05) is 5.48 Å². The Morgan fingerprint density at radius 3 is 2.50 bits per heavy atom. The molecule has 1 heterocycles. The fourth-order valence-corrected chi connectivity index (χ4v) is 1.33. The third kappa shape index (κ3) is 3.17. The van der Waals surface area contributed by atoms with E-state index in [0.29, 0.717) is 0 Å². The summed E-state index contributed by atoms with van der Waals surface area (Å²) >= 11 is 0. The summed E-state index contributed by atoms with van der Waals surface area (Å²) in [4.78, 5) is 50.0. The van der Waals surface area contributed by atoms with Gasteiger partial charge in [-0.05, 0) is 13.8 Å². The van der Waals surface area contributed by atoms with Crippen LogP contribution in [0.25, 0.3) is 0 Å². The van der Waals surface area contributed by atoms with E-state index in [1.165, 1.54) is 13.8 Å². The lowest BCUT2D eigenvalue weighted by molar-refractivity contribution is -0.142. The van der Waals surface area contributed by atoms with Crippen LogP contribution in [0, 0.1) is 0 Å². The summed E-state index contributed by atoms with van der Waals surface area (Å²) in [6.07, 6.45) is 0. The summed E-state index contributed by atoms with van der Waals surface area (Å²) in [5, 5.41) is 2.42. The third-order valence-electron chi connectivity index (χ3n) is 2.15. The third-order valence-corrected chi connectivity index (χ3v) is 2.15. The molecule has 1 fully saturated rings. The molecule has 0 aliphatic carbocycles. The molecule has 1 rings (SSSR count). The van der Waals surface area contributed by atoms with Crippen LogP contribution in [0.1, 0.15) is 13.8 Å². The molecule has 0 aromatic heterocycles. The Bertz CT molecular complexity index is 406. The van der Waals surface area contributed by atoms with E-state index >= 15 is 0 Å². The SMILES string of the molecule is CC1(C)NC(=O)N(CC(=O)NOCC(N)=O)C1=O. The zero-order chi connectivity index (χ0) is 13.9. The van der Waals surface area contributed by atoms with Gasteiger partial charge in [-0.15, -0.1) is 0 Å². The van der Waals surface area contributed by atoms with Gasteiger partial charge in [-0.3, -0.25) is 24.1 Å². The molecule has 0 aromatic rings. The molecule has 0 radical (unpaired) electrons. The summed E-state index contributed by atoms with van der Waals surface area (Å²) in [7, 11) is 0. The number of hydrogen-bond acceptors (Lipinski definition) is 5. The molecule has 0 spiro atoms. The van der Waals surface area contributed by atoms with Crippen molar-refractivity contribution in [2.45, 2.75) is 19.4 Å². The van der Waals surface area contributed by atoms with Gasteiger partial charge in [0, 0.05) is 0 Å². The molecule has 0 aromatic carbocycles. The van der Waals surface area contributed by atoms with Crippen LogP contribution in [-0.4, -0.2) is 47.3 Å². The van der Waals surface area contributed by atoms with Crippen molar-refractivity contribution in [1.29, 1.82) is 0 Å². The number of nitrogens with two attached hydrogens (primary N) is 1. The Morgan fingerprint density at radius 1 is 1.44 bits per heavy atom. The molecule has 1 saturated heterocycles. The lowest BCUT2D eigenvalue weighted by Gasteiger charge is -2.15. The van der Waals surface area contributed by atoms with Gasteiger partial charge < -0.3 is 11.1 Å². The van der Waals surface area contributed by atoms with Crippen molar-refractivity contribution in [3.05, 3.63) is 0 Å². The largest absolute Gasteiger partial charge is 0.368 e. The number of imide groups is 1. The highest BCUT2D eigenvalue weighted by atomic mass is 16.7. The number of nitrogens with zero attached hydrogens (tertiary/aromatic N) is 1. The van der Waals surface area contributed by atoms with Gasteiger partial charge in [-0.25, -0.2) is 10.3 Å². The molecule has 1 aliphatic heterocycles. The van der Waals surface area contributed by atoms with Crippen molar-refractivity contribution < 1.29 is 24.0 Å². The highest BCUT2D eigenvalue weighted by Crippen LogP contribution is 2.15. The Kier molecular flexibility index (Phi) is 3.86. The topological polar surface area (TPSA) is 131 Å². The minimum Gasteiger partial charge on any atom is -0.368 e. The number of nitrogens with one attached hydrogen (secondary N) is 2. The Morgan fingerprint density at radius 2 is 2.06 bits per heavy atom. The lowest BCUT2D eigenvalue weighted by Crippen LogP contribution is -2.43. The predicted molar refractivity (Wildman–Crippen MR) is 57.6 cm³/mol. The molecule has 0 unspecified atom stereocenters. The fraction of sp³-hybridized carbons (Fsp3) is 0.556. The maximum absolute atomic E-state index is 11.7. The molecule has 9 nitrogen and oxygen atoms in total. The first-order valence-corrected chi connectivity index (χ1v) is 5.07. The summed E-state index contributed by atoms with van der Waals surface area (Å²) in [6.45, 7) is 2.06. The summed E-state index contributed by atoms with van der Waals surface area (Å²) < 4.78 is 0. The molecule has 4 N–H and O–H groups in total. The second-order valence-electron chi connectivity index (χ2n) is 4.23. The van der Waals surface area contributed by atoms with Crippen LogP contribution in [0.4, 0.5) is 4.79 Å². The lowest BCUT2D eigenvalue weighted by atomic mass is 10.1. The Labute approximate surface area is 103 Å². The predicted octanol–water partition coefficient (Wildman–Crippen LogP) is -2.15. The van der Waals surface area contributed by atoms with Crippen molar-refractivity contribution >= 4 is 23.8 Å². The monoisotopic (exact) mass is 258 g/mol. The first kappa shape index (κ1) is 13.9. The van der Waals surface area contributed by atoms with E-state index in [2.05, 4.69) is 10.2 Å². The van der Waals surface area contributed by atoms with Crippen LogP contribution >= 0.6 is 0 Å². The number of hydrogen-bond donors (Lipinski definition) is 3. The molecule has 0 atom stereocenters. The van der Waals surface area contributed by atoms with Crippen molar-refractivity contribution in [2.75, 3.05) is 13.2 Å². The van der Waals surface area contributed by atoms with Gasteiger partial charge in [0.2, 0.25) is 5.91 Å². The van der Waals surface area contributed by atoms with Crippen LogP contribution in [0.3, 0.4) is 0 Å². The minimum atomic E-state index is -1.04. The van der Waals surface area contributed by atoms with Crippen LogP contribution in [0.5, 0.6) is 0 Å². The minimum absolute atomic E-state index is 0.489. The molecular weight excluding hydrogens is 244 g/mol. The number of primary amides is 1. The van der Waals surface area contributed by atoms with Gasteiger partial charge in [0.05, 0.1) is 0 Å². The molecule has 5 amide bonds. The normalized spacial score (nSPS) is 17.6. The molecule has 18 heavy (non-hydrogen) atoms. The second-order valence-corrected chi connectivity index (χ2v) is 4.23. The highest BCUT2D eigenvalue weighted by Gasteiger charge is 2.44. The van der Waals surface area contributed by atoms with E-state index in [9.17, 15) is 19.2 Å². The maximum Gasteiger partial charge on any atom is 0.325 e. The first-order valence-electron chi connectivity index (χ1n) is 5.07. The number of carbonyl (C=O) groups is 4. The molecule has 0 saturated carbocycles. The molecule has 1 aliphatic rings. The van der Waals surface area contributed by atoms with Gasteiger partial charge in [-0.2, -0.15) is 0 Å². The van der Waals surface area contributed by atoms with Crippen molar-refractivity contribution in [1.82, 2.24) is 15.7 Å². The van der Waals surface area contributed by atoms with E-state index in [1.54, 1.807) is 0 Å². The first-order chi connectivity index (χ1) is 8.24. The molecular formula is C9H14N4O5. The second kappa shape index (κ2) is 5.00. The van der Waals surface area contributed by atoms with Gasteiger partial charge in [0.25, 0.3) is 11.8 Å². The van der Waals surface area contributed by atoms with Crippen LogP contribution in [0.15, 0.2) is 0 Å². The Balaban J connectivity index is 2.48. The highest BCUT2D eigenvalue weighted by molar-refractivity contribution is 6.08. The van der Waals surface area contributed by atoms with Crippen LogP contribution < -0.4 is 16.5 Å². The van der Waals surface area contributed by atoms with Crippen molar-refractivity contribution in [3.63, 3.8) is 0 Å². The van der Waals surface area contributed by atoms with E-state index in [0.717, 1.165) is 4.90 Å². The maximum atomic E-state index is 11.7. The summed E-state index contributed by atoms with van der Waals surface area (Å²) in [5.41, 5.74) is 5.64. The van der Waals surface area contributed by atoms with E-state index in [4.69, 9.17) is 5.73 Å². The number of amides is 5. The van der Waals surface area contributed by atoms with E-state index < -0.39 is 42.4 Å². The van der Waals surface area contributed by atoms with E-state index in [-0.39, 0.29) is 0 Å². The standard InChI is InChI=1S/C9H14N4O5/c1-9(2)7(16)13(8(17)11-9)3-6(15)12-18-4-5(10)14/h3-4H2,1-2H3,(H2,10,14)(H,11,17)(H,12,15). The van der Waals surface area contributed by atoms with Gasteiger partial charge in [0.1, 0.15) is 12.1 Å². The zero-order valence-corrected chi connectivity index (χ0v) is 9.98. The number of urea groups is 1. The average molecular weight is 258 g/mol. The zero-order valence-electron chi connectivity index (χ0n) is 9.98. The average Bonchev–Trinajstić information content (AvgIpc) is 2.40. The molecule has 0 bridgehead atoms. The van der Waals surface area contributed by atoms with Gasteiger partial charge in [-0.1, -0.05) is 0 Å². The smallest absolute Gasteiger partial charge is 0.325 e. The van der Waals surface area contributed by atoms with Gasteiger partial charge in [0.15, 0.2) is 6.61 Å². The van der Waals surface area contributed by atoms with Crippen molar-refractivity contribution in [2.24, 2.45) is 5.73 Å². The Hall–Kier alpha value is -2.16. The van der Waals surface area contributed by atoms with Crippen LogP contribution in [0.2, 0.25) is 0 Å². The van der Waals surface area contributed by atoms with Gasteiger partial charge >= 0.3 is 6.03 Å². The molecule has 100 valence electrons. The number of rotatable bonds is 5.